The van der Waals surface area contributed by atoms with Crippen LogP contribution in [0.15, 0.2) is 6.20 Å². The summed E-state index contributed by atoms with van der Waals surface area (Å²) in [5.41, 5.74) is 1.24. The lowest BCUT2D eigenvalue weighted by Gasteiger charge is -2.02. The Balaban J connectivity index is 2.61. The molecule has 17 heavy (non-hydrogen) atoms. The van der Waals surface area contributed by atoms with Crippen LogP contribution >= 0.6 is 11.3 Å². The molecule has 0 spiro atoms. The van der Waals surface area contributed by atoms with E-state index < -0.39 is 4.92 Å². The fraction of sp³-hybridized carbons (Fsp3) is 0.400. The van der Waals surface area contributed by atoms with Crippen LogP contribution in [0.3, 0.4) is 0 Å². The van der Waals surface area contributed by atoms with Crippen LogP contribution in [0.1, 0.15) is 10.6 Å². The molecule has 0 amide bonds. The third kappa shape index (κ3) is 2.25. The van der Waals surface area contributed by atoms with Gasteiger partial charge in [0.1, 0.15) is 16.5 Å². The number of aromatic nitrogens is 2. The summed E-state index contributed by atoms with van der Waals surface area (Å²) in [5.74, 6) is 0. The van der Waals surface area contributed by atoms with Gasteiger partial charge in [-0.1, -0.05) is 11.3 Å². The van der Waals surface area contributed by atoms with Gasteiger partial charge in [0.05, 0.1) is 22.1 Å². The first-order chi connectivity index (χ1) is 8.13. The summed E-state index contributed by atoms with van der Waals surface area (Å²) in [5, 5.41) is 11.8. The summed E-state index contributed by atoms with van der Waals surface area (Å²) in [7, 11) is 1.57. The number of pyridine rings is 1. The molecule has 0 saturated heterocycles. The normalized spacial score (nSPS) is 10.9. The first-order valence-electron chi connectivity index (χ1n) is 5.02. The van der Waals surface area contributed by atoms with Crippen LogP contribution in [0.2, 0.25) is 0 Å². The second kappa shape index (κ2) is 4.72. The highest BCUT2D eigenvalue weighted by atomic mass is 32.1. The predicted octanol–water partition coefficient (Wildman–Crippen LogP) is 2.10. The maximum absolute atomic E-state index is 10.9. The van der Waals surface area contributed by atoms with Crippen LogP contribution in [-0.4, -0.2) is 28.6 Å². The Morgan fingerprint density at radius 2 is 2.35 bits per heavy atom. The highest BCUT2D eigenvalue weighted by molar-refractivity contribution is 7.18. The van der Waals surface area contributed by atoms with Gasteiger partial charge < -0.3 is 4.74 Å². The number of nitro groups is 1. The third-order valence-corrected chi connectivity index (χ3v) is 3.25. The fourth-order valence-electron chi connectivity index (χ4n) is 1.63. The van der Waals surface area contributed by atoms with Gasteiger partial charge in [-0.2, -0.15) is 0 Å². The third-order valence-electron chi connectivity index (χ3n) is 2.37. The fourth-order valence-corrected chi connectivity index (χ4v) is 2.41. The van der Waals surface area contributed by atoms with Gasteiger partial charge in [-0.3, -0.25) is 10.1 Å². The van der Waals surface area contributed by atoms with Gasteiger partial charge in [-0.15, -0.1) is 0 Å². The quantitative estimate of drug-likeness (QED) is 0.616. The van der Waals surface area contributed by atoms with Crippen LogP contribution in [0.4, 0.5) is 5.69 Å². The van der Waals surface area contributed by atoms with Gasteiger partial charge in [-0.25, -0.2) is 9.97 Å². The molecular weight excluding hydrogens is 242 g/mol. The zero-order chi connectivity index (χ0) is 12.4. The molecule has 0 aromatic carbocycles. The first kappa shape index (κ1) is 11.9. The Hall–Kier alpha value is -1.60. The van der Waals surface area contributed by atoms with Crippen molar-refractivity contribution in [1.29, 1.82) is 0 Å². The van der Waals surface area contributed by atoms with Crippen molar-refractivity contribution >= 4 is 27.4 Å². The van der Waals surface area contributed by atoms with Crippen molar-refractivity contribution in [2.45, 2.75) is 13.3 Å². The average Bonchev–Trinajstić information content (AvgIpc) is 2.65. The van der Waals surface area contributed by atoms with E-state index in [1.54, 1.807) is 7.11 Å². The lowest BCUT2D eigenvalue weighted by atomic mass is 10.1. The molecule has 90 valence electrons. The lowest BCUT2D eigenvalue weighted by molar-refractivity contribution is -0.385. The van der Waals surface area contributed by atoms with E-state index in [1.165, 1.54) is 17.5 Å². The van der Waals surface area contributed by atoms with Crippen LogP contribution in [-0.2, 0) is 11.2 Å². The molecule has 0 N–H and O–H groups in total. The molecule has 0 atom stereocenters. The number of rotatable bonds is 4. The molecule has 0 fully saturated rings. The van der Waals surface area contributed by atoms with E-state index in [0.29, 0.717) is 24.1 Å². The molecule has 0 aliphatic rings. The Morgan fingerprint density at radius 3 is 3.00 bits per heavy atom. The molecule has 6 nitrogen and oxygen atoms in total. The van der Waals surface area contributed by atoms with Crippen molar-refractivity contribution in [3.05, 3.63) is 26.9 Å². The summed E-state index contributed by atoms with van der Waals surface area (Å²) in [6.07, 6.45) is 1.76. The smallest absolute Gasteiger partial charge is 0.293 e. The number of hydrogen-bond acceptors (Lipinski definition) is 6. The SMILES string of the molecule is COCCc1c([N+](=O)[O-])cnc2sc(C)nc12. The van der Waals surface area contributed by atoms with Crippen molar-refractivity contribution in [3.63, 3.8) is 0 Å². The minimum atomic E-state index is -0.424. The number of ether oxygens (including phenoxy) is 1. The Bertz CT molecular complexity index is 567. The number of nitrogens with zero attached hydrogens (tertiary/aromatic N) is 3. The van der Waals surface area contributed by atoms with E-state index >= 15 is 0 Å². The van der Waals surface area contributed by atoms with Crippen molar-refractivity contribution in [2.24, 2.45) is 0 Å². The molecular formula is C10H11N3O3S. The van der Waals surface area contributed by atoms with E-state index in [9.17, 15) is 10.1 Å². The number of hydrogen-bond donors (Lipinski definition) is 0. The summed E-state index contributed by atoms with van der Waals surface area (Å²) in [4.78, 5) is 19.6. The standard InChI is InChI=1S/C10H11N3O3S/c1-6-12-9-7(3-4-16-2)8(13(14)15)5-11-10(9)17-6/h5H,3-4H2,1-2H3. The Kier molecular flexibility index (Phi) is 3.30. The molecule has 7 heteroatoms. The average molecular weight is 253 g/mol. The van der Waals surface area contributed by atoms with Gasteiger partial charge >= 0.3 is 0 Å². The van der Waals surface area contributed by atoms with Crippen LogP contribution < -0.4 is 0 Å². The molecule has 0 saturated carbocycles. The van der Waals surface area contributed by atoms with E-state index in [0.717, 1.165) is 9.84 Å². The zero-order valence-corrected chi connectivity index (χ0v) is 10.3. The van der Waals surface area contributed by atoms with Crippen LogP contribution in [0, 0.1) is 17.0 Å². The molecule has 0 aliphatic heterocycles. The van der Waals surface area contributed by atoms with E-state index in [4.69, 9.17) is 4.74 Å². The highest BCUT2D eigenvalue weighted by Gasteiger charge is 2.20. The number of thiazole rings is 1. The van der Waals surface area contributed by atoms with Gasteiger partial charge in [0.25, 0.3) is 5.69 Å². The second-order valence-corrected chi connectivity index (χ2v) is 4.69. The first-order valence-corrected chi connectivity index (χ1v) is 5.83. The maximum atomic E-state index is 10.9. The number of aryl methyl sites for hydroxylation is 1. The monoisotopic (exact) mass is 253 g/mol. The number of fused-ring (bicyclic) bond motifs is 1. The summed E-state index contributed by atoms with van der Waals surface area (Å²) >= 11 is 1.43. The van der Waals surface area contributed by atoms with Gasteiger partial charge in [-0.05, 0) is 6.92 Å². The Labute approximate surface area is 101 Å². The van der Waals surface area contributed by atoms with Crippen LogP contribution in [0.5, 0.6) is 0 Å². The van der Waals surface area contributed by atoms with Crippen molar-refractivity contribution in [3.8, 4) is 0 Å². The maximum Gasteiger partial charge on any atom is 0.293 e. The Morgan fingerprint density at radius 1 is 1.59 bits per heavy atom. The van der Waals surface area contributed by atoms with Crippen molar-refractivity contribution in [2.75, 3.05) is 13.7 Å². The van der Waals surface area contributed by atoms with Crippen molar-refractivity contribution < 1.29 is 9.66 Å². The predicted molar refractivity (Wildman–Crippen MR) is 64.4 cm³/mol. The second-order valence-electron chi connectivity index (χ2n) is 3.51. The summed E-state index contributed by atoms with van der Waals surface area (Å²) in [6.45, 7) is 2.29. The summed E-state index contributed by atoms with van der Waals surface area (Å²) < 4.78 is 4.97. The lowest BCUT2D eigenvalue weighted by Crippen LogP contribution is -2.02. The van der Waals surface area contributed by atoms with Gasteiger partial charge in [0.15, 0.2) is 0 Å². The highest BCUT2D eigenvalue weighted by Crippen LogP contribution is 2.29. The van der Waals surface area contributed by atoms with Crippen molar-refractivity contribution in [1.82, 2.24) is 9.97 Å². The van der Waals surface area contributed by atoms with Crippen LogP contribution in [0.25, 0.3) is 10.3 Å². The minimum absolute atomic E-state index is 0.0138. The molecule has 2 aromatic heterocycles. The molecule has 2 aromatic rings. The molecule has 0 unspecified atom stereocenters. The van der Waals surface area contributed by atoms with Gasteiger partial charge in [0, 0.05) is 13.5 Å². The van der Waals surface area contributed by atoms with Gasteiger partial charge in [0.2, 0.25) is 0 Å². The van der Waals surface area contributed by atoms with E-state index in [-0.39, 0.29) is 5.69 Å². The van der Waals surface area contributed by atoms with E-state index in [1.807, 2.05) is 6.92 Å². The largest absolute Gasteiger partial charge is 0.384 e. The molecule has 0 radical (unpaired) electrons. The zero-order valence-electron chi connectivity index (χ0n) is 9.47. The molecule has 0 bridgehead atoms. The summed E-state index contributed by atoms with van der Waals surface area (Å²) in [6, 6.07) is 0. The minimum Gasteiger partial charge on any atom is -0.384 e. The topological polar surface area (TPSA) is 78.2 Å². The number of methoxy groups -OCH3 is 1. The van der Waals surface area contributed by atoms with E-state index in [2.05, 4.69) is 9.97 Å². The molecule has 2 heterocycles. The molecule has 0 aliphatic carbocycles. The molecule has 2 rings (SSSR count).